The molecule has 0 aliphatic heterocycles. The lowest BCUT2D eigenvalue weighted by atomic mass is 10.2. The number of carbonyl (C=O) groups excluding carboxylic acids is 2. The predicted molar refractivity (Wildman–Crippen MR) is 64.3 cm³/mol. The predicted octanol–water partition coefficient (Wildman–Crippen LogP) is 1.93. The van der Waals surface area contributed by atoms with E-state index in [1.54, 1.807) is 19.1 Å². The zero-order chi connectivity index (χ0) is 12.7. The summed E-state index contributed by atoms with van der Waals surface area (Å²) in [6.07, 6.45) is 2.71. The fourth-order valence-electron chi connectivity index (χ4n) is 1.25. The van der Waals surface area contributed by atoms with E-state index in [9.17, 15) is 9.59 Å². The maximum absolute atomic E-state index is 11.4. The minimum Gasteiger partial charge on any atom is -0.466 e. The molecule has 0 aliphatic rings. The molecule has 1 heterocycles. The molecule has 0 amide bonds. The van der Waals surface area contributed by atoms with Gasteiger partial charge in [-0.3, -0.25) is 14.6 Å². The summed E-state index contributed by atoms with van der Waals surface area (Å²) in [4.78, 5) is 26.6. The smallest absolute Gasteiger partial charge is 0.313 e. The molecule has 0 unspecified atom stereocenters. The monoisotopic (exact) mass is 233 g/mol. The van der Waals surface area contributed by atoms with Gasteiger partial charge in [0.05, 0.1) is 12.3 Å². The molecule has 0 saturated carbocycles. The summed E-state index contributed by atoms with van der Waals surface area (Å²) in [6, 6.07) is 5.52. The molecule has 17 heavy (non-hydrogen) atoms. The fraction of sp³-hybridized carbons (Fsp3) is 0.308. The Morgan fingerprint density at radius 2 is 2.18 bits per heavy atom. The lowest BCUT2D eigenvalue weighted by Crippen LogP contribution is -2.09. The van der Waals surface area contributed by atoms with Crippen LogP contribution < -0.4 is 0 Å². The maximum atomic E-state index is 11.4. The van der Waals surface area contributed by atoms with Gasteiger partial charge in [0.15, 0.2) is 5.78 Å². The molecule has 1 aromatic rings. The summed E-state index contributed by atoms with van der Waals surface area (Å²) in [5, 5.41) is 0. The van der Waals surface area contributed by atoms with E-state index in [4.69, 9.17) is 0 Å². The van der Waals surface area contributed by atoms with Crippen molar-refractivity contribution in [2.45, 2.75) is 20.3 Å². The number of pyridine rings is 1. The third-order valence-electron chi connectivity index (χ3n) is 1.97. The highest BCUT2D eigenvalue weighted by molar-refractivity contribution is 6.03. The second kappa shape index (κ2) is 6.58. The average molecular weight is 233 g/mol. The number of ether oxygens (including phenoxy) is 1. The largest absolute Gasteiger partial charge is 0.466 e. The van der Waals surface area contributed by atoms with Crippen LogP contribution in [0.1, 0.15) is 24.7 Å². The number of hydrogen-bond acceptors (Lipinski definition) is 4. The van der Waals surface area contributed by atoms with E-state index in [0.29, 0.717) is 5.69 Å². The van der Waals surface area contributed by atoms with Crippen molar-refractivity contribution in [1.82, 2.24) is 4.98 Å². The van der Waals surface area contributed by atoms with Gasteiger partial charge >= 0.3 is 5.97 Å². The maximum Gasteiger partial charge on any atom is 0.313 e. The first kappa shape index (κ1) is 13.1. The van der Waals surface area contributed by atoms with Gasteiger partial charge in [-0.1, -0.05) is 6.07 Å². The summed E-state index contributed by atoms with van der Waals surface area (Å²) >= 11 is 0. The first-order valence-corrected chi connectivity index (χ1v) is 5.42. The van der Waals surface area contributed by atoms with Crippen molar-refractivity contribution in [3.8, 4) is 0 Å². The van der Waals surface area contributed by atoms with Crippen LogP contribution in [0.4, 0.5) is 0 Å². The zero-order valence-electron chi connectivity index (χ0n) is 9.97. The molecule has 4 nitrogen and oxygen atoms in total. The summed E-state index contributed by atoms with van der Waals surface area (Å²) in [7, 11) is 0. The molecule has 0 bridgehead atoms. The molecular weight excluding hydrogens is 218 g/mol. The first-order valence-electron chi connectivity index (χ1n) is 5.42. The lowest BCUT2D eigenvalue weighted by Gasteiger charge is -1.98. The van der Waals surface area contributed by atoms with E-state index in [1.165, 1.54) is 6.08 Å². The van der Waals surface area contributed by atoms with Gasteiger partial charge < -0.3 is 4.74 Å². The zero-order valence-corrected chi connectivity index (χ0v) is 9.97. The Morgan fingerprint density at radius 3 is 2.82 bits per heavy atom. The standard InChI is InChI=1S/C13H15NO3/c1-3-17-13(16)9-12(15)8-7-11-6-4-5-10(2)14-11/h4-8H,3,9H2,1-2H3. The van der Waals surface area contributed by atoms with E-state index >= 15 is 0 Å². The van der Waals surface area contributed by atoms with Gasteiger partial charge in [-0.15, -0.1) is 0 Å². The van der Waals surface area contributed by atoms with Gasteiger partial charge in [0.1, 0.15) is 6.42 Å². The van der Waals surface area contributed by atoms with Gasteiger partial charge in [-0.2, -0.15) is 0 Å². The summed E-state index contributed by atoms with van der Waals surface area (Å²) in [5.41, 5.74) is 1.58. The fourth-order valence-corrected chi connectivity index (χ4v) is 1.25. The Kier molecular flexibility index (Phi) is 5.07. The third-order valence-corrected chi connectivity index (χ3v) is 1.97. The Bertz CT molecular complexity index is 438. The van der Waals surface area contributed by atoms with Gasteiger partial charge in [0, 0.05) is 5.69 Å². The number of esters is 1. The van der Waals surface area contributed by atoms with Crippen molar-refractivity contribution in [3.63, 3.8) is 0 Å². The van der Waals surface area contributed by atoms with Gasteiger partial charge in [-0.05, 0) is 38.1 Å². The van der Waals surface area contributed by atoms with Gasteiger partial charge in [-0.25, -0.2) is 0 Å². The SMILES string of the molecule is CCOC(=O)CC(=O)C=Cc1cccc(C)n1. The second-order valence-corrected chi connectivity index (χ2v) is 3.49. The topological polar surface area (TPSA) is 56.3 Å². The van der Waals surface area contributed by atoms with Crippen molar-refractivity contribution in [2.24, 2.45) is 0 Å². The number of ketones is 1. The molecule has 4 heteroatoms. The molecule has 0 saturated heterocycles. The van der Waals surface area contributed by atoms with Crippen LogP contribution in [0.2, 0.25) is 0 Å². The number of rotatable bonds is 5. The molecule has 1 rings (SSSR count). The van der Waals surface area contributed by atoms with Crippen LogP contribution in [0.15, 0.2) is 24.3 Å². The van der Waals surface area contributed by atoms with Crippen LogP contribution in [0.3, 0.4) is 0 Å². The van der Waals surface area contributed by atoms with Crippen LogP contribution in [-0.2, 0) is 14.3 Å². The Hall–Kier alpha value is -1.97. The van der Waals surface area contributed by atoms with Gasteiger partial charge in [0.2, 0.25) is 0 Å². The lowest BCUT2D eigenvalue weighted by molar-refractivity contribution is -0.144. The average Bonchev–Trinajstić information content (AvgIpc) is 2.27. The van der Waals surface area contributed by atoms with Crippen molar-refractivity contribution in [2.75, 3.05) is 6.61 Å². The van der Waals surface area contributed by atoms with Crippen LogP contribution >= 0.6 is 0 Å². The molecule has 1 aromatic heterocycles. The first-order chi connectivity index (χ1) is 8.11. The Labute approximate surface area is 100 Å². The molecule has 0 fully saturated rings. The number of carbonyl (C=O) groups is 2. The van der Waals surface area contributed by atoms with Crippen LogP contribution in [0.25, 0.3) is 6.08 Å². The molecule has 0 atom stereocenters. The van der Waals surface area contributed by atoms with Crippen molar-refractivity contribution >= 4 is 17.8 Å². The minimum absolute atomic E-state index is 0.226. The summed E-state index contributed by atoms with van der Waals surface area (Å²) < 4.78 is 4.67. The van der Waals surface area contributed by atoms with E-state index in [-0.39, 0.29) is 18.8 Å². The molecule has 0 aromatic carbocycles. The third kappa shape index (κ3) is 5.06. The van der Waals surface area contributed by atoms with Crippen LogP contribution in [-0.4, -0.2) is 23.3 Å². The molecule has 0 radical (unpaired) electrons. The molecule has 0 N–H and O–H groups in total. The minimum atomic E-state index is -0.501. The van der Waals surface area contributed by atoms with Crippen LogP contribution in [0.5, 0.6) is 0 Å². The number of allylic oxidation sites excluding steroid dienone is 1. The van der Waals surface area contributed by atoms with E-state index in [0.717, 1.165) is 5.69 Å². The van der Waals surface area contributed by atoms with Crippen molar-refractivity contribution in [1.29, 1.82) is 0 Å². The number of aryl methyl sites for hydroxylation is 1. The Morgan fingerprint density at radius 1 is 1.41 bits per heavy atom. The molecular formula is C13H15NO3. The number of nitrogens with zero attached hydrogens (tertiary/aromatic N) is 1. The highest BCUT2D eigenvalue weighted by Crippen LogP contribution is 2.01. The van der Waals surface area contributed by atoms with E-state index in [1.807, 2.05) is 19.1 Å². The van der Waals surface area contributed by atoms with E-state index < -0.39 is 5.97 Å². The van der Waals surface area contributed by atoms with Crippen LogP contribution in [0, 0.1) is 6.92 Å². The quantitative estimate of drug-likeness (QED) is 0.443. The highest BCUT2D eigenvalue weighted by Gasteiger charge is 2.06. The normalized spacial score (nSPS) is 10.5. The molecule has 0 aliphatic carbocycles. The summed E-state index contributed by atoms with van der Waals surface area (Å²) in [6.45, 7) is 3.86. The number of aromatic nitrogens is 1. The molecule has 90 valence electrons. The van der Waals surface area contributed by atoms with Crippen molar-refractivity contribution in [3.05, 3.63) is 35.7 Å². The van der Waals surface area contributed by atoms with Crippen molar-refractivity contribution < 1.29 is 14.3 Å². The highest BCUT2D eigenvalue weighted by atomic mass is 16.5. The summed E-state index contributed by atoms with van der Waals surface area (Å²) in [5.74, 6) is -0.786. The molecule has 0 spiro atoms. The Balaban J connectivity index is 2.53. The second-order valence-electron chi connectivity index (χ2n) is 3.49. The van der Waals surface area contributed by atoms with E-state index in [2.05, 4.69) is 9.72 Å². The van der Waals surface area contributed by atoms with Gasteiger partial charge in [0.25, 0.3) is 0 Å². The number of hydrogen-bond donors (Lipinski definition) is 0.